The molecule has 3 rings (SSSR count). The van der Waals surface area contributed by atoms with Crippen LogP contribution in [-0.2, 0) is 19.4 Å². The molecule has 28 heavy (non-hydrogen) atoms. The fourth-order valence-electron chi connectivity index (χ4n) is 3.31. The second-order valence-electron chi connectivity index (χ2n) is 6.62. The van der Waals surface area contributed by atoms with E-state index >= 15 is 0 Å². The van der Waals surface area contributed by atoms with E-state index in [-0.39, 0.29) is 24.0 Å². The third kappa shape index (κ3) is 5.47. The van der Waals surface area contributed by atoms with Crippen LogP contribution in [0.4, 0.5) is 0 Å². The Balaban J connectivity index is 0.00000280. The summed E-state index contributed by atoms with van der Waals surface area (Å²) in [7, 11) is 0. The van der Waals surface area contributed by atoms with Crippen LogP contribution in [0.1, 0.15) is 40.6 Å². The molecule has 0 amide bonds. The maximum atomic E-state index is 4.72. The molecule has 0 aliphatic rings. The first kappa shape index (κ1) is 22.7. The number of benzene rings is 1. The SMILES string of the molecule is CCNC(=NCc1sc(C)nc1C)NCCc1c[nH]c2c(CC)cccc12.I. The number of para-hydroxylation sites is 1. The van der Waals surface area contributed by atoms with Gasteiger partial charge in [-0.15, -0.1) is 35.3 Å². The van der Waals surface area contributed by atoms with Gasteiger partial charge in [0.25, 0.3) is 0 Å². The Morgan fingerprint density at radius 1 is 1.18 bits per heavy atom. The van der Waals surface area contributed by atoms with E-state index in [1.807, 2.05) is 6.92 Å². The fraction of sp³-hybridized carbons (Fsp3) is 0.429. The predicted octanol–water partition coefficient (Wildman–Crippen LogP) is 4.72. The normalized spacial score (nSPS) is 11.5. The number of nitrogens with zero attached hydrogens (tertiary/aromatic N) is 2. The summed E-state index contributed by atoms with van der Waals surface area (Å²) in [6.07, 6.45) is 4.14. The molecular formula is C21H30IN5S. The number of thiazole rings is 1. The van der Waals surface area contributed by atoms with Gasteiger partial charge in [0, 0.05) is 35.1 Å². The minimum atomic E-state index is 0. The molecule has 0 unspecified atom stereocenters. The average molecular weight is 511 g/mol. The Bertz CT molecular complexity index is 928. The lowest BCUT2D eigenvalue weighted by Gasteiger charge is -2.11. The van der Waals surface area contributed by atoms with Crippen LogP contribution in [0.15, 0.2) is 29.4 Å². The maximum Gasteiger partial charge on any atom is 0.191 e. The highest BCUT2D eigenvalue weighted by atomic mass is 127. The molecule has 152 valence electrons. The fourth-order valence-corrected chi connectivity index (χ4v) is 4.17. The zero-order chi connectivity index (χ0) is 19.2. The number of aliphatic imine (C=N–C) groups is 1. The summed E-state index contributed by atoms with van der Waals surface area (Å²) >= 11 is 1.72. The van der Waals surface area contributed by atoms with Crippen molar-refractivity contribution in [2.45, 2.75) is 47.1 Å². The van der Waals surface area contributed by atoms with Crippen molar-refractivity contribution in [1.29, 1.82) is 0 Å². The molecule has 7 heteroatoms. The summed E-state index contributed by atoms with van der Waals surface area (Å²) < 4.78 is 0. The number of aromatic amines is 1. The molecule has 0 spiro atoms. The quantitative estimate of drug-likeness (QED) is 0.244. The van der Waals surface area contributed by atoms with Crippen LogP contribution in [0.3, 0.4) is 0 Å². The van der Waals surface area contributed by atoms with Crippen LogP contribution in [-0.4, -0.2) is 29.0 Å². The van der Waals surface area contributed by atoms with Crippen molar-refractivity contribution in [3.63, 3.8) is 0 Å². The van der Waals surface area contributed by atoms with E-state index in [1.165, 1.54) is 26.9 Å². The Labute approximate surface area is 188 Å². The third-order valence-electron chi connectivity index (χ3n) is 4.68. The van der Waals surface area contributed by atoms with E-state index in [4.69, 9.17) is 4.99 Å². The van der Waals surface area contributed by atoms with E-state index in [0.717, 1.165) is 42.6 Å². The monoisotopic (exact) mass is 511 g/mol. The number of hydrogen-bond acceptors (Lipinski definition) is 3. The molecule has 2 aromatic heterocycles. The summed E-state index contributed by atoms with van der Waals surface area (Å²) in [4.78, 5) is 13.9. The maximum absolute atomic E-state index is 4.72. The third-order valence-corrected chi connectivity index (χ3v) is 5.74. The van der Waals surface area contributed by atoms with Crippen molar-refractivity contribution in [3.8, 4) is 0 Å². The summed E-state index contributed by atoms with van der Waals surface area (Å²) in [5, 5.41) is 9.21. The first-order chi connectivity index (χ1) is 13.1. The lowest BCUT2D eigenvalue weighted by atomic mass is 10.1. The highest BCUT2D eigenvalue weighted by Crippen LogP contribution is 2.22. The number of nitrogens with one attached hydrogen (secondary N) is 3. The molecule has 0 saturated heterocycles. The molecule has 5 nitrogen and oxygen atoms in total. The topological polar surface area (TPSA) is 65.1 Å². The van der Waals surface area contributed by atoms with E-state index in [1.54, 1.807) is 11.3 Å². The number of H-pyrrole nitrogens is 1. The van der Waals surface area contributed by atoms with Crippen molar-refractivity contribution in [2.75, 3.05) is 13.1 Å². The minimum absolute atomic E-state index is 0. The number of fused-ring (bicyclic) bond motifs is 1. The predicted molar refractivity (Wildman–Crippen MR) is 131 cm³/mol. The summed E-state index contributed by atoms with van der Waals surface area (Å²) in [6, 6.07) is 6.55. The Morgan fingerprint density at radius 2 is 2.00 bits per heavy atom. The van der Waals surface area contributed by atoms with Gasteiger partial charge in [-0.1, -0.05) is 25.1 Å². The molecule has 0 saturated carbocycles. The Kier molecular flexibility index (Phi) is 8.75. The number of rotatable bonds is 7. The average Bonchev–Trinajstić information content (AvgIpc) is 3.22. The first-order valence-electron chi connectivity index (χ1n) is 9.65. The zero-order valence-electron chi connectivity index (χ0n) is 17.1. The Morgan fingerprint density at radius 3 is 2.68 bits per heavy atom. The van der Waals surface area contributed by atoms with Crippen molar-refractivity contribution in [2.24, 2.45) is 4.99 Å². The highest BCUT2D eigenvalue weighted by molar-refractivity contribution is 14.0. The number of halogens is 1. The zero-order valence-corrected chi connectivity index (χ0v) is 20.2. The van der Waals surface area contributed by atoms with E-state index in [2.05, 4.69) is 65.8 Å². The van der Waals surface area contributed by atoms with Gasteiger partial charge in [0.15, 0.2) is 5.96 Å². The Hall–Kier alpha value is -1.61. The van der Waals surface area contributed by atoms with Crippen LogP contribution in [0.5, 0.6) is 0 Å². The van der Waals surface area contributed by atoms with Crippen LogP contribution < -0.4 is 10.6 Å². The van der Waals surface area contributed by atoms with Crippen molar-refractivity contribution >= 4 is 52.2 Å². The standard InChI is InChI=1S/C21H29N5S.HI/c1-5-16-8-7-9-18-17(12-24-20(16)18)10-11-23-21(22-6-2)25-13-19-14(3)26-15(4)27-19;/h7-9,12,24H,5-6,10-11,13H2,1-4H3,(H2,22,23,25);1H. The molecule has 0 bridgehead atoms. The molecule has 2 heterocycles. The number of guanidine groups is 1. The summed E-state index contributed by atoms with van der Waals surface area (Å²) in [6.45, 7) is 10.7. The number of aryl methyl sites for hydroxylation is 3. The first-order valence-corrected chi connectivity index (χ1v) is 10.5. The van der Waals surface area contributed by atoms with Gasteiger partial charge in [0.1, 0.15) is 0 Å². The van der Waals surface area contributed by atoms with Crippen molar-refractivity contribution < 1.29 is 0 Å². The van der Waals surface area contributed by atoms with Crippen molar-refractivity contribution in [1.82, 2.24) is 20.6 Å². The van der Waals surface area contributed by atoms with Crippen molar-refractivity contribution in [3.05, 3.63) is 51.1 Å². The van der Waals surface area contributed by atoms with Crippen LogP contribution in [0.25, 0.3) is 10.9 Å². The second-order valence-corrected chi connectivity index (χ2v) is 7.91. The molecular weight excluding hydrogens is 481 g/mol. The molecule has 3 N–H and O–H groups in total. The van der Waals surface area contributed by atoms with Gasteiger partial charge in [-0.3, -0.25) is 0 Å². The van der Waals surface area contributed by atoms with E-state index in [0.29, 0.717) is 6.54 Å². The molecule has 1 aromatic carbocycles. The minimum Gasteiger partial charge on any atom is -0.361 e. The van der Waals surface area contributed by atoms with Crippen LogP contribution in [0, 0.1) is 13.8 Å². The number of hydrogen-bond donors (Lipinski definition) is 3. The van der Waals surface area contributed by atoms with E-state index < -0.39 is 0 Å². The lowest BCUT2D eigenvalue weighted by Crippen LogP contribution is -2.38. The van der Waals surface area contributed by atoms with E-state index in [9.17, 15) is 0 Å². The van der Waals surface area contributed by atoms with Gasteiger partial charge < -0.3 is 15.6 Å². The smallest absolute Gasteiger partial charge is 0.191 e. The molecule has 0 aliphatic carbocycles. The van der Waals surface area contributed by atoms with Gasteiger partial charge in [-0.25, -0.2) is 9.98 Å². The largest absolute Gasteiger partial charge is 0.361 e. The van der Waals surface area contributed by atoms with Crippen LogP contribution >= 0.6 is 35.3 Å². The van der Waals surface area contributed by atoms with Gasteiger partial charge in [-0.2, -0.15) is 0 Å². The second kappa shape index (κ2) is 10.8. The van der Waals surface area contributed by atoms with Gasteiger partial charge in [-0.05, 0) is 44.7 Å². The van der Waals surface area contributed by atoms with Crippen LogP contribution in [0.2, 0.25) is 0 Å². The summed E-state index contributed by atoms with van der Waals surface area (Å²) in [5.41, 5.74) is 5.07. The van der Waals surface area contributed by atoms with Gasteiger partial charge in [0.2, 0.25) is 0 Å². The summed E-state index contributed by atoms with van der Waals surface area (Å²) in [5.74, 6) is 0.858. The molecule has 0 radical (unpaired) electrons. The highest BCUT2D eigenvalue weighted by Gasteiger charge is 2.08. The van der Waals surface area contributed by atoms with Gasteiger partial charge >= 0.3 is 0 Å². The molecule has 0 aliphatic heterocycles. The number of aromatic nitrogens is 2. The molecule has 0 fully saturated rings. The lowest BCUT2D eigenvalue weighted by molar-refractivity contribution is 0.802. The van der Waals surface area contributed by atoms with Gasteiger partial charge in [0.05, 0.1) is 17.2 Å². The molecule has 0 atom stereocenters. The molecule has 3 aromatic rings.